The molecule has 0 aromatic heterocycles. The predicted molar refractivity (Wildman–Crippen MR) is 84.6 cm³/mol. The monoisotopic (exact) mass is 290 g/mol. The number of piperidine rings is 1. The van der Waals surface area contributed by atoms with Gasteiger partial charge in [0.2, 0.25) is 5.91 Å². The quantitative estimate of drug-likeness (QED) is 0.874. The Morgan fingerprint density at radius 3 is 2.76 bits per heavy atom. The molecule has 1 aromatic rings. The van der Waals surface area contributed by atoms with E-state index in [-0.39, 0.29) is 17.9 Å². The summed E-state index contributed by atoms with van der Waals surface area (Å²) < 4.78 is 5.89. The van der Waals surface area contributed by atoms with Crippen molar-refractivity contribution in [1.29, 1.82) is 0 Å². The molecule has 0 radical (unpaired) electrons. The van der Waals surface area contributed by atoms with Crippen LogP contribution in [0.15, 0.2) is 18.2 Å². The average Bonchev–Trinajstić information content (AvgIpc) is 2.47. The Morgan fingerprint density at radius 1 is 1.43 bits per heavy atom. The summed E-state index contributed by atoms with van der Waals surface area (Å²) in [5, 5.41) is 6.32. The highest BCUT2D eigenvalue weighted by Crippen LogP contribution is 2.22. The van der Waals surface area contributed by atoms with Gasteiger partial charge in [-0.05, 0) is 51.3 Å². The van der Waals surface area contributed by atoms with Gasteiger partial charge in [0.1, 0.15) is 12.4 Å². The molecule has 1 aliphatic rings. The molecule has 4 nitrogen and oxygen atoms in total. The largest absolute Gasteiger partial charge is 0.491 e. The number of hydrogen-bond donors (Lipinski definition) is 2. The third kappa shape index (κ3) is 4.46. The molecule has 1 heterocycles. The SMILES string of the molecule is Cc1cccc(C)c1OCC(C)NC(=O)C1CCCNC1. The number of carbonyl (C=O) groups is 1. The number of rotatable bonds is 5. The van der Waals surface area contributed by atoms with Crippen LogP contribution in [0.5, 0.6) is 5.75 Å². The van der Waals surface area contributed by atoms with Crippen LogP contribution >= 0.6 is 0 Å². The van der Waals surface area contributed by atoms with Gasteiger partial charge in [-0.3, -0.25) is 4.79 Å². The van der Waals surface area contributed by atoms with Crippen LogP contribution in [0.2, 0.25) is 0 Å². The molecule has 1 amide bonds. The minimum atomic E-state index is 0.0124. The molecule has 2 rings (SSSR count). The highest BCUT2D eigenvalue weighted by atomic mass is 16.5. The maximum atomic E-state index is 12.1. The number of nitrogens with one attached hydrogen (secondary N) is 2. The second-order valence-corrected chi connectivity index (χ2v) is 5.98. The number of benzene rings is 1. The van der Waals surface area contributed by atoms with E-state index in [1.54, 1.807) is 0 Å². The third-order valence-electron chi connectivity index (χ3n) is 3.94. The molecule has 21 heavy (non-hydrogen) atoms. The number of ether oxygens (including phenoxy) is 1. The van der Waals surface area contributed by atoms with Crippen molar-refractivity contribution >= 4 is 5.91 Å². The highest BCUT2D eigenvalue weighted by molar-refractivity contribution is 5.79. The molecule has 116 valence electrons. The van der Waals surface area contributed by atoms with Crippen molar-refractivity contribution in [2.45, 2.75) is 39.7 Å². The van der Waals surface area contributed by atoms with E-state index in [0.717, 1.165) is 42.8 Å². The zero-order valence-electron chi connectivity index (χ0n) is 13.2. The van der Waals surface area contributed by atoms with Crippen molar-refractivity contribution in [2.75, 3.05) is 19.7 Å². The molecule has 0 spiro atoms. The van der Waals surface area contributed by atoms with Crippen LogP contribution in [0, 0.1) is 19.8 Å². The van der Waals surface area contributed by atoms with E-state index in [2.05, 4.69) is 10.6 Å². The van der Waals surface area contributed by atoms with Crippen LogP contribution in [0.1, 0.15) is 30.9 Å². The van der Waals surface area contributed by atoms with Gasteiger partial charge in [0.05, 0.1) is 12.0 Å². The molecule has 4 heteroatoms. The normalized spacial score (nSPS) is 19.9. The maximum absolute atomic E-state index is 12.1. The van der Waals surface area contributed by atoms with Gasteiger partial charge in [-0.15, -0.1) is 0 Å². The molecule has 0 bridgehead atoms. The lowest BCUT2D eigenvalue weighted by Crippen LogP contribution is -2.45. The summed E-state index contributed by atoms with van der Waals surface area (Å²) in [7, 11) is 0. The van der Waals surface area contributed by atoms with Crippen LogP contribution < -0.4 is 15.4 Å². The van der Waals surface area contributed by atoms with Gasteiger partial charge in [-0.1, -0.05) is 18.2 Å². The smallest absolute Gasteiger partial charge is 0.224 e. The van der Waals surface area contributed by atoms with Gasteiger partial charge < -0.3 is 15.4 Å². The number of para-hydroxylation sites is 1. The lowest BCUT2D eigenvalue weighted by molar-refractivity contribution is -0.126. The molecule has 0 aliphatic carbocycles. The Labute approximate surface area is 127 Å². The molecule has 2 N–H and O–H groups in total. The van der Waals surface area contributed by atoms with E-state index in [4.69, 9.17) is 4.74 Å². The molecule has 2 unspecified atom stereocenters. The van der Waals surface area contributed by atoms with Crippen molar-refractivity contribution in [3.63, 3.8) is 0 Å². The molecule has 1 fully saturated rings. The van der Waals surface area contributed by atoms with E-state index < -0.39 is 0 Å². The predicted octanol–water partition coefficient (Wildman–Crippen LogP) is 2.19. The summed E-state index contributed by atoms with van der Waals surface area (Å²) >= 11 is 0. The molecule has 1 aliphatic heterocycles. The summed E-state index contributed by atoms with van der Waals surface area (Å²) in [6.07, 6.45) is 2.05. The van der Waals surface area contributed by atoms with Gasteiger partial charge in [-0.2, -0.15) is 0 Å². The Kier molecular flexibility index (Phi) is 5.62. The fourth-order valence-electron chi connectivity index (χ4n) is 2.71. The van der Waals surface area contributed by atoms with Crippen LogP contribution in [-0.4, -0.2) is 31.6 Å². The van der Waals surface area contributed by atoms with Crippen LogP contribution in [0.4, 0.5) is 0 Å². The van der Waals surface area contributed by atoms with Gasteiger partial charge in [0.15, 0.2) is 0 Å². The van der Waals surface area contributed by atoms with E-state index >= 15 is 0 Å². The van der Waals surface area contributed by atoms with Crippen molar-refractivity contribution in [3.8, 4) is 5.75 Å². The Bertz CT molecular complexity index is 461. The van der Waals surface area contributed by atoms with E-state index in [0.29, 0.717) is 6.61 Å². The van der Waals surface area contributed by atoms with Gasteiger partial charge in [-0.25, -0.2) is 0 Å². The van der Waals surface area contributed by atoms with Crippen molar-refractivity contribution < 1.29 is 9.53 Å². The molecular weight excluding hydrogens is 264 g/mol. The number of aryl methyl sites for hydroxylation is 2. The first kappa shape index (κ1) is 15.8. The molecule has 1 aromatic carbocycles. The van der Waals surface area contributed by atoms with Crippen LogP contribution in [0.3, 0.4) is 0 Å². The summed E-state index contributed by atoms with van der Waals surface area (Å²) in [4.78, 5) is 12.1. The van der Waals surface area contributed by atoms with Gasteiger partial charge >= 0.3 is 0 Å². The number of hydrogen-bond acceptors (Lipinski definition) is 3. The Morgan fingerprint density at radius 2 is 2.14 bits per heavy atom. The van der Waals surface area contributed by atoms with Crippen LogP contribution in [-0.2, 0) is 4.79 Å². The second kappa shape index (κ2) is 7.46. The van der Waals surface area contributed by atoms with E-state index in [1.807, 2.05) is 39.0 Å². The molecule has 1 saturated heterocycles. The first-order valence-corrected chi connectivity index (χ1v) is 7.78. The summed E-state index contributed by atoms with van der Waals surface area (Å²) in [6.45, 7) is 8.38. The van der Waals surface area contributed by atoms with Crippen molar-refractivity contribution in [3.05, 3.63) is 29.3 Å². The lowest BCUT2D eigenvalue weighted by atomic mass is 9.98. The Balaban J connectivity index is 1.81. The average molecular weight is 290 g/mol. The zero-order valence-corrected chi connectivity index (χ0v) is 13.2. The first-order valence-electron chi connectivity index (χ1n) is 7.78. The molecule has 2 atom stereocenters. The minimum Gasteiger partial charge on any atom is -0.491 e. The van der Waals surface area contributed by atoms with Crippen molar-refractivity contribution in [1.82, 2.24) is 10.6 Å². The van der Waals surface area contributed by atoms with Gasteiger partial charge in [0, 0.05) is 6.54 Å². The number of amides is 1. The Hall–Kier alpha value is -1.55. The zero-order chi connectivity index (χ0) is 15.2. The standard InChI is InChI=1S/C17H26N2O2/c1-12-6-4-7-13(2)16(12)21-11-14(3)19-17(20)15-8-5-9-18-10-15/h4,6-7,14-15,18H,5,8-11H2,1-3H3,(H,19,20). The minimum absolute atomic E-state index is 0.0124. The summed E-state index contributed by atoms with van der Waals surface area (Å²) in [5.74, 6) is 1.17. The van der Waals surface area contributed by atoms with E-state index in [1.165, 1.54) is 0 Å². The molecular formula is C17H26N2O2. The maximum Gasteiger partial charge on any atom is 0.224 e. The first-order chi connectivity index (χ1) is 10.1. The summed E-state index contributed by atoms with van der Waals surface area (Å²) in [5.41, 5.74) is 2.26. The van der Waals surface area contributed by atoms with Gasteiger partial charge in [0.25, 0.3) is 0 Å². The lowest BCUT2D eigenvalue weighted by Gasteiger charge is -2.24. The fraction of sp³-hybridized carbons (Fsp3) is 0.588. The second-order valence-electron chi connectivity index (χ2n) is 5.98. The summed E-state index contributed by atoms with van der Waals surface area (Å²) in [6, 6.07) is 6.12. The molecule has 0 saturated carbocycles. The van der Waals surface area contributed by atoms with Crippen molar-refractivity contribution in [2.24, 2.45) is 5.92 Å². The highest BCUT2D eigenvalue weighted by Gasteiger charge is 2.22. The van der Waals surface area contributed by atoms with E-state index in [9.17, 15) is 4.79 Å². The third-order valence-corrected chi connectivity index (χ3v) is 3.94. The van der Waals surface area contributed by atoms with Crippen LogP contribution in [0.25, 0.3) is 0 Å². The topological polar surface area (TPSA) is 50.4 Å². The number of carbonyl (C=O) groups excluding carboxylic acids is 1. The fourth-order valence-corrected chi connectivity index (χ4v) is 2.71.